The molecular formula is C24H34N6O3. The highest BCUT2D eigenvalue weighted by atomic mass is 16.2. The number of aromatic nitrogens is 2. The van der Waals surface area contributed by atoms with Crippen LogP contribution in [0.5, 0.6) is 0 Å². The molecular weight excluding hydrogens is 420 g/mol. The lowest BCUT2D eigenvalue weighted by Gasteiger charge is -2.40. The average molecular weight is 455 g/mol. The molecule has 0 unspecified atom stereocenters. The van der Waals surface area contributed by atoms with E-state index in [1.165, 1.54) is 15.6 Å². The zero-order valence-electron chi connectivity index (χ0n) is 20.3. The zero-order chi connectivity index (χ0) is 24.3. The molecule has 3 amide bonds. The molecule has 1 aromatic carbocycles. The average Bonchev–Trinajstić information content (AvgIpc) is 3.19. The lowest BCUT2D eigenvalue weighted by Crippen LogP contribution is -2.62. The Balaban J connectivity index is 1.69. The number of carbonyl (C=O) groups is 3. The minimum absolute atomic E-state index is 0.154. The van der Waals surface area contributed by atoms with E-state index in [-0.39, 0.29) is 30.0 Å². The molecule has 1 aliphatic rings. The van der Waals surface area contributed by atoms with Gasteiger partial charge in [0.05, 0.1) is 6.54 Å². The Bertz CT molecular complexity index is 1030. The molecule has 0 saturated heterocycles. The Kier molecular flexibility index (Phi) is 7.09. The second-order valence-corrected chi connectivity index (χ2v) is 9.39. The van der Waals surface area contributed by atoms with E-state index in [2.05, 4.69) is 29.6 Å². The van der Waals surface area contributed by atoms with Gasteiger partial charge in [-0.05, 0) is 37.0 Å². The molecule has 178 valence electrons. The highest BCUT2D eigenvalue weighted by Gasteiger charge is 2.46. The summed E-state index contributed by atoms with van der Waals surface area (Å²) >= 11 is 0. The van der Waals surface area contributed by atoms with Crippen LogP contribution in [0.2, 0.25) is 0 Å². The number of nitrogens with one attached hydrogen (secondary N) is 2. The van der Waals surface area contributed by atoms with E-state index in [1.54, 1.807) is 14.0 Å². The first-order valence-corrected chi connectivity index (χ1v) is 11.2. The van der Waals surface area contributed by atoms with E-state index in [9.17, 15) is 14.4 Å². The Morgan fingerprint density at radius 3 is 2.45 bits per heavy atom. The predicted molar refractivity (Wildman–Crippen MR) is 127 cm³/mol. The third-order valence-corrected chi connectivity index (χ3v) is 6.14. The van der Waals surface area contributed by atoms with Crippen LogP contribution in [0.1, 0.15) is 53.7 Å². The van der Waals surface area contributed by atoms with Crippen molar-refractivity contribution < 1.29 is 14.4 Å². The number of rotatable bonds is 8. The first kappa shape index (κ1) is 24.3. The maximum atomic E-state index is 13.0. The molecule has 0 radical (unpaired) electrons. The first-order valence-electron chi connectivity index (χ1n) is 11.2. The lowest BCUT2D eigenvalue weighted by molar-refractivity contribution is -0.132. The van der Waals surface area contributed by atoms with Gasteiger partial charge in [-0.2, -0.15) is 5.10 Å². The Morgan fingerprint density at radius 1 is 1.18 bits per heavy atom. The molecule has 0 bridgehead atoms. The summed E-state index contributed by atoms with van der Waals surface area (Å²) in [5.41, 5.74) is 1.39. The van der Waals surface area contributed by atoms with Crippen molar-refractivity contribution in [2.24, 2.45) is 5.92 Å². The van der Waals surface area contributed by atoms with E-state index in [0.717, 1.165) is 17.7 Å². The monoisotopic (exact) mass is 454 g/mol. The van der Waals surface area contributed by atoms with Crippen LogP contribution in [0.4, 0.5) is 5.69 Å². The summed E-state index contributed by atoms with van der Waals surface area (Å²) < 4.78 is 1.46. The maximum Gasteiger partial charge on any atom is 0.272 e. The first-order chi connectivity index (χ1) is 15.5. The zero-order valence-corrected chi connectivity index (χ0v) is 20.3. The van der Waals surface area contributed by atoms with E-state index in [0.29, 0.717) is 24.7 Å². The maximum absolute atomic E-state index is 13.0. The van der Waals surface area contributed by atoms with Gasteiger partial charge in [0, 0.05) is 46.0 Å². The van der Waals surface area contributed by atoms with Crippen molar-refractivity contribution >= 4 is 23.4 Å². The van der Waals surface area contributed by atoms with Gasteiger partial charge in [0.2, 0.25) is 5.91 Å². The van der Waals surface area contributed by atoms with Gasteiger partial charge >= 0.3 is 0 Å². The van der Waals surface area contributed by atoms with Gasteiger partial charge in [-0.25, -0.2) is 0 Å². The molecule has 1 aromatic heterocycles. The van der Waals surface area contributed by atoms with E-state index < -0.39 is 5.54 Å². The van der Waals surface area contributed by atoms with Gasteiger partial charge in [0.1, 0.15) is 11.2 Å². The van der Waals surface area contributed by atoms with Gasteiger partial charge in [0.25, 0.3) is 11.8 Å². The Hall–Kier alpha value is -3.36. The lowest BCUT2D eigenvalue weighted by atomic mass is 9.95. The van der Waals surface area contributed by atoms with Crippen molar-refractivity contribution in [3.8, 4) is 0 Å². The van der Waals surface area contributed by atoms with E-state index >= 15 is 0 Å². The van der Waals surface area contributed by atoms with Crippen LogP contribution in [0.3, 0.4) is 0 Å². The van der Waals surface area contributed by atoms with Crippen molar-refractivity contribution in [2.45, 2.75) is 45.8 Å². The van der Waals surface area contributed by atoms with Gasteiger partial charge < -0.3 is 20.4 Å². The third kappa shape index (κ3) is 5.18. The summed E-state index contributed by atoms with van der Waals surface area (Å²) in [5, 5.41) is 10.1. The molecule has 3 rings (SSSR count). The van der Waals surface area contributed by atoms with Crippen LogP contribution in [0.15, 0.2) is 30.3 Å². The van der Waals surface area contributed by atoms with Crippen molar-refractivity contribution in [1.29, 1.82) is 0 Å². The minimum Gasteiger partial charge on any atom is -0.378 e. The fourth-order valence-corrected chi connectivity index (χ4v) is 3.69. The molecule has 9 heteroatoms. The van der Waals surface area contributed by atoms with Gasteiger partial charge in [-0.15, -0.1) is 0 Å². The number of carbonyl (C=O) groups excluding carboxylic acids is 3. The molecule has 0 aliphatic carbocycles. The summed E-state index contributed by atoms with van der Waals surface area (Å²) in [4.78, 5) is 42.0. The van der Waals surface area contributed by atoms with Crippen LogP contribution in [-0.4, -0.2) is 65.6 Å². The van der Waals surface area contributed by atoms with Crippen LogP contribution in [-0.2, 0) is 17.9 Å². The van der Waals surface area contributed by atoms with Gasteiger partial charge in [0.15, 0.2) is 5.69 Å². The number of anilines is 1. The number of benzene rings is 1. The smallest absolute Gasteiger partial charge is 0.272 e. The molecule has 1 atom stereocenters. The Labute approximate surface area is 195 Å². The Morgan fingerprint density at radius 2 is 1.85 bits per heavy atom. The van der Waals surface area contributed by atoms with E-state index in [1.807, 2.05) is 43.3 Å². The number of fused-ring (bicyclic) bond motifs is 1. The second-order valence-electron chi connectivity index (χ2n) is 9.39. The third-order valence-electron chi connectivity index (χ3n) is 6.14. The quantitative estimate of drug-likeness (QED) is 0.635. The summed E-state index contributed by atoms with van der Waals surface area (Å²) in [7, 11) is 5.55. The number of nitrogens with zero attached hydrogens (tertiary/aromatic N) is 4. The molecule has 0 spiro atoms. The van der Waals surface area contributed by atoms with Crippen molar-refractivity contribution in [1.82, 2.24) is 25.3 Å². The molecule has 33 heavy (non-hydrogen) atoms. The molecule has 9 nitrogen and oxygen atoms in total. The fourth-order valence-electron chi connectivity index (χ4n) is 3.69. The second kappa shape index (κ2) is 9.64. The summed E-state index contributed by atoms with van der Waals surface area (Å²) in [6.07, 6.45) is 0.856. The van der Waals surface area contributed by atoms with Crippen molar-refractivity contribution in [3.05, 3.63) is 47.3 Å². The molecule has 1 aliphatic heterocycles. The topological polar surface area (TPSA) is 99.6 Å². The number of hydrogen-bond acceptors (Lipinski definition) is 5. The predicted octanol–water partition coefficient (Wildman–Crippen LogP) is 1.89. The minimum atomic E-state index is -1.09. The standard InChI is InChI=1S/C24H34N6O3/c1-16(2)11-12-25-23(33)24(3)15-30-20(22(32)29(24)6)13-19(27-30)21(31)26-14-17-7-9-18(10-8-17)28(4)5/h7-10,13,16H,11-12,14-15H2,1-6H3,(H,25,33)(H,26,31)/t24-/m0/s1. The fraction of sp³-hybridized carbons (Fsp3) is 0.500. The number of hydrogen-bond donors (Lipinski definition) is 2. The molecule has 0 saturated carbocycles. The normalized spacial score (nSPS) is 17.7. The summed E-state index contributed by atoms with van der Waals surface area (Å²) in [6, 6.07) is 9.36. The van der Waals surface area contributed by atoms with Crippen LogP contribution >= 0.6 is 0 Å². The van der Waals surface area contributed by atoms with Crippen molar-refractivity contribution in [2.75, 3.05) is 32.6 Å². The van der Waals surface area contributed by atoms with Crippen LogP contribution in [0.25, 0.3) is 0 Å². The number of likely N-dealkylation sites (N-methyl/N-ethyl adjacent to an activating group) is 1. The largest absolute Gasteiger partial charge is 0.378 e. The van der Waals surface area contributed by atoms with Gasteiger partial charge in [-0.3, -0.25) is 19.1 Å². The summed E-state index contributed by atoms with van der Waals surface area (Å²) in [6.45, 7) is 6.97. The summed E-state index contributed by atoms with van der Waals surface area (Å²) in [5.74, 6) is -0.471. The molecule has 2 heterocycles. The molecule has 2 aromatic rings. The van der Waals surface area contributed by atoms with Crippen LogP contribution in [0, 0.1) is 5.92 Å². The van der Waals surface area contributed by atoms with Crippen molar-refractivity contribution in [3.63, 3.8) is 0 Å². The van der Waals surface area contributed by atoms with Gasteiger partial charge in [-0.1, -0.05) is 26.0 Å². The number of amides is 3. The highest BCUT2D eigenvalue weighted by Crippen LogP contribution is 2.26. The molecule has 0 fully saturated rings. The SMILES string of the molecule is CC(C)CCNC(=O)[C@]1(C)Cn2nc(C(=O)NCc3ccc(N(C)C)cc3)cc2C(=O)N1C. The van der Waals surface area contributed by atoms with Crippen LogP contribution < -0.4 is 15.5 Å². The molecule has 2 N–H and O–H groups in total. The highest BCUT2D eigenvalue weighted by molar-refractivity contribution is 6.01. The van der Waals surface area contributed by atoms with E-state index in [4.69, 9.17) is 0 Å².